The molecule has 0 saturated carbocycles. The summed E-state index contributed by atoms with van der Waals surface area (Å²) in [4.78, 5) is 4.94. The van der Waals surface area contributed by atoms with E-state index in [4.69, 9.17) is 0 Å². The molecule has 9 aromatic carbocycles. The highest BCUT2D eigenvalue weighted by atomic mass is 32.1. The highest BCUT2D eigenvalue weighted by molar-refractivity contribution is 7.25. The molecule has 1 aliphatic carbocycles. The molecule has 11 aromatic rings. The van der Waals surface area contributed by atoms with E-state index in [1.165, 1.54) is 75.4 Å². The maximum Gasteiger partial charge on any atom is 0.0562 e. The van der Waals surface area contributed by atoms with Crippen LogP contribution in [0.15, 0.2) is 200 Å². The van der Waals surface area contributed by atoms with Gasteiger partial charge >= 0.3 is 0 Å². The van der Waals surface area contributed by atoms with E-state index in [9.17, 15) is 0 Å². The molecule has 0 saturated heterocycles. The monoisotopic (exact) mass is 797 g/mol. The third kappa shape index (κ3) is 5.03. The van der Waals surface area contributed by atoms with Gasteiger partial charge in [-0.1, -0.05) is 117 Å². The van der Waals surface area contributed by atoms with Crippen molar-refractivity contribution in [3.63, 3.8) is 0 Å². The van der Waals surface area contributed by atoms with E-state index >= 15 is 0 Å². The lowest BCUT2D eigenvalue weighted by Gasteiger charge is -2.29. The topological polar surface area (TPSA) is 11.4 Å². The van der Waals surface area contributed by atoms with Crippen LogP contribution in [-0.4, -0.2) is 4.57 Å². The average molecular weight is 798 g/mol. The van der Waals surface area contributed by atoms with Gasteiger partial charge in [0.05, 0.1) is 16.7 Å². The van der Waals surface area contributed by atoms with Gasteiger partial charge in [0.15, 0.2) is 0 Å². The predicted molar refractivity (Wildman–Crippen MR) is 260 cm³/mol. The van der Waals surface area contributed by atoms with Crippen LogP contribution >= 0.6 is 11.3 Å². The molecule has 0 N–H and O–H groups in total. The molecule has 0 spiro atoms. The first-order valence-electron chi connectivity index (χ1n) is 21.1. The Morgan fingerprint density at radius 2 is 0.918 bits per heavy atom. The lowest BCUT2D eigenvalue weighted by molar-refractivity contribution is 0.660. The molecule has 0 atom stereocenters. The van der Waals surface area contributed by atoms with Gasteiger partial charge in [-0.25, -0.2) is 0 Å². The second kappa shape index (κ2) is 12.8. The fraction of sp³-hybridized carbons (Fsp3) is 0.0526. The summed E-state index contributed by atoms with van der Waals surface area (Å²) in [6.07, 6.45) is 0. The molecule has 0 radical (unpaired) electrons. The Balaban J connectivity index is 1.08. The normalized spacial score (nSPS) is 13.8. The predicted octanol–water partition coefficient (Wildman–Crippen LogP) is 16.4. The van der Waals surface area contributed by atoms with Crippen LogP contribution in [0.2, 0.25) is 0 Å². The summed E-state index contributed by atoms with van der Waals surface area (Å²) in [6.45, 7) is 4.75. The summed E-state index contributed by atoms with van der Waals surface area (Å²) in [7, 11) is 0. The third-order valence-electron chi connectivity index (χ3n) is 13.3. The number of fused-ring (bicyclic) bond motifs is 13. The zero-order valence-corrected chi connectivity index (χ0v) is 34.6. The van der Waals surface area contributed by atoms with Crippen molar-refractivity contribution in [2.75, 3.05) is 9.80 Å². The number of hydrogen-bond acceptors (Lipinski definition) is 3. The molecule has 13 rings (SSSR count). The van der Waals surface area contributed by atoms with E-state index in [1.54, 1.807) is 0 Å². The Hall–Kier alpha value is -7.40. The summed E-state index contributed by atoms with van der Waals surface area (Å²) in [5.74, 6) is 0. The van der Waals surface area contributed by atoms with Gasteiger partial charge in [-0.3, -0.25) is 0 Å². The smallest absolute Gasteiger partial charge is 0.0562 e. The van der Waals surface area contributed by atoms with Gasteiger partial charge < -0.3 is 14.4 Å². The lowest BCUT2D eigenvalue weighted by Crippen LogP contribution is -2.16. The standard InChI is InChI=1S/C57H39N3S/c1-57(2)49-29-26-41-33-47(49)48-34-42(27-30-50(48)57)59(52-22-12-23-53-56(52)46-20-6-8-21-51(46)60(53)38-15-4-3-5-16-38)40-18-11-14-37(32-40)36-13-10-17-39(31-36)58(41)43-25-28-45-44-19-7-9-24-54(44)61-55(45)35-43/h3-35H,1-2H3. The highest BCUT2D eigenvalue weighted by Gasteiger charge is 2.37. The van der Waals surface area contributed by atoms with Crippen molar-refractivity contribution in [2.45, 2.75) is 19.3 Å². The highest BCUT2D eigenvalue weighted by Crippen LogP contribution is 2.54. The largest absolute Gasteiger partial charge is 0.310 e. The molecule has 2 aliphatic rings. The van der Waals surface area contributed by atoms with Crippen LogP contribution in [0.4, 0.5) is 34.1 Å². The van der Waals surface area contributed by atoms with Gasteiger partial charge in [0, 0.05) is 70.5 Å². The molecule has 1 aliphatic heterocycles. The maximum atomic E-state index is 2.49. The van der Waals surface area contributed by atoms with Gasteiger partial charge in [0.25, 0.3) is 0 Å². The zero-order valence-electron chi connectivity index (χ0n) is 33.8. The van der Waals surface area contributed by atoms with Gasteiger partial charge in [-0.15, -0.1) is 11.3 Å². The van der Waals surface area contributed by atoms with Crippen molar-refractivity contribution < 1.29 is 0 Å². The molecule has 0 amide bonds. The molecule has 0 fully saturated rings. The first-order valence-corrected chi connectivity index (χ1v) is 21.9. The van der Waals surface area contributed by atoms with Crippen molar-refractivity contribution in [2.24, 2.45) is 0 Å². The Labute approximate surface area is 358 Å². The zero-order chi connectivity index (χ0) is 40.4. The van der Waals surface area contributed by atoms with Crippen LogP contribution in [0.5, 0.6) is 0 Å². The Kier molecular flexibility index (Phi) is 7.23. The van der Waals surface area contributed by atoms with E-state index in [2.05, 4.69) is 228 Å². The minimum atomic E-state index is -0.162. The van der Waals surface area contributed by atoms with Crippen molar-refractivity contribution in [3.8, 4) is 27.9 Å². The van der Waals surface area contributed by atoms with Crippen molar-refractivity contribution >= 4 is 87.4 Å². The molecule has 3 heterocycles. The molecule has 2 aromatic heterocycles. The molecular formula is C57H39N3S. The lowest BCUT2D eigenvalue weighted by atomic mass is 9.82. The van der Waals surface area contributed by atoms with Crippen molar-refractivity contribution in [1.82, 2.24) is 4.57 Å². The number of anilines is 6. The average Bonchev–Trinajstić information content (AvgIpc) is 3.92. The first-order chi connectivity index (χ1) is 30.0. The van der Waals surface area contributed by atoms with E-state index in [0.717, 1.165) is 39.8 Å². The third-order valence-corrected chi connectivity index (χ3v) is 14.4. The van der Waals surface area contributed by atoms with Crippen LogP contribution < -0.4 is 9.80 Å². The molecule has 288 valence electrons. The Bertz CT molecular complexity index is 3590. The molecule has 61 heavy (non-hydrogen) atoms. The van der Waals surface area contributed by atoms with Gasteiger partial charge in [-0.2, -0.15) is 0 Å². The molecule has 8 bridgehead atoms. The summed E-state index contributed by atoms with van der Waals surface area (Å²) >= 11 is 1.87. The van der Waals surface area contributed by atoms with Gasteiger partial charge in [-0.05, 0) is 130 Å². The quantitative estimate of drug-likeness (QED) is 0.176. The maximum absolute atomic E-state index is 2.49. The van der Waals surface area contributed by atoms with Crippen molar-refractivity contribution in [3.05, 3.63) is 211 Å². The van der Waals surface area contributed by atoms with Crippen LogP contribution in [-0.2, 0) is 5.41 Å². The fourth-order valence-electron chi connectivity index (χ4n) is 10.4. The Morgan fingerprint density at radius 3 is 1.67 bits per heavy atom. The number of aromatic nitrogens is 1. The SMILES string of the molecule is CC1(C)c2ccc3cc2-c2cc(ccc21)N(c1cccc2c1c1ccccc1n2-c1ccccc1)c1cccc(c1)-c1cccc(c1)N3c1ccc2c(c1)sc1ccccc12. The number of thiophene rings is 1. The summed E-state index contributed by atoms with van der Waals surface area (Å²) in [5.41, 5.74) is 17.8. The van der Waals surface area contributed by atoms with E-state index in [-0.39, 0.29) is 5.41 Å². The minimum Gasteiger partial charge on any atom is -0.310 e. The number of hydrogen-bond donors (Lipinski definition) is 0. The van der Waals surface area contributed by atoms with Crippen LogP contribution in [0.25, 0.3) is 69.9 Å². The summed E-state index contributed by atoms with van der Waals surface area (Å²) < 4.78 is 5.02. The van der Waals surface area contributed by atoms with E-state index in [0.29, 0.717) is 0 Å². The molecule has 3 nitrogen and oxygen atoms in total. The number of nitrogens with zero attached hydrogens (tertiary/aromatic N) is 3. The van der Waals surface area contributed by atoms with Gasteiger partial charge in [0.1, 0.15) is 0 Å². The van der Waals surface area contributed by atoms with E-state index < -0.39 is 0 Å². The fourth-order valence-corrected chi connectivity index (χ4v) is 11.6. The van der Waals surface area contributed by atoms with Crippen molar-refractivity contribution in [1.29, 1.82) is 0 Å². The van der Waals surface area contributed by atoms with Crippen LogP contribution in [0.1, 0.15) is 25.0 Å². The second-order valence-electron chi connectivity index (χ2n) is 17.0. The summed E-state index contributed by atoms with van der Waals surface area (Å²) in [5, 5.41) is 5.08. The molecule has 4 heteroatoms. The Morgan fingerprint density at radius 1 is 0.377 bits per heavy atom. The first kappa shape index (κ1) is 34.5. The second-order valence-corrected chi connectivity index (χ2v) is 18.1. The van der Waals surface area contributed by atoms with Crippen LogP contribution in [0, 0.1) is 0 Å². The number of para-hydroxylation sites is 2. The summed E-state index contributed by atoms with van der Waals surface area (Å²) in [6, 6.07) is 74.6. The molecule has 0 unspecified atom stereocenters. The van der Waals surface area contributed by atoms with E-state index in [1.807, 2.05) is 11.3 Å². The van der Waals surface area contributed by atoms with Crippen LogP contribution in [0.3, 0.4) is 0 Å². The number of benzene rings is 9. The molecular weight excluding hydrogens is 759 g/mol. The van der Waals surface area contributed by atoms with Gasteiger partial charge in [0.2, 0.25) is 0 Å². The minimum absolute atomic E-state index is 0.162. The number of rotatable bonds is 3.